The summed E-state index contributed by atoms with van der Waals surface area (Å²) in [7, 11) is 0. The number of hydrogen-bond acceptors (Lipinski definition) is 2. The number of aliphatic hydroxyl groups excluding tert-OH is 1. The minimum Gasteiger partial charge on any atom is -0.387 e. The molecule has 20 heavy (non-hydrogen) atoms. The Kier molecular flexibility index (Phi) is 14.8. The van der Waals surface area contributed by atoms with Crippen LogP contribution in [0, 0.1) is 0 Å². The van der Waals surface area contributed by atoms with E-state index in [9.17, 15) is 5.11 Å². The number of unbranched alkanes of at least 4 members (excludes halogenated alkanes) is 11. The summed E-state index contributed by atoms with van der Waals surface area (Å²) < 4.78 is 0. The van der Waals surface area contributed by atoms with Gasteiger partial charge in [-0.15, -0.1) is 0 Å². The monoisotopic (exact) mass is 283 g/mol. The minimum atomic E-state index is -0.484. The smallest absolute Gasteiger partial charge is 0.0869 e. The third kappa shape index (κ3) is 14.1. The van der Waals surface area contributed by atoms with Crippen molar-refractivity contribution in [2.24, 2.45) is 5.73 Å². The lowest BCUT2D eigenvalue weighted by Gasteiger charge is -2.08. The van der Waals surface area contributed by atoms with Gasteiger partial charge in [-0.25, -0.2) is 0 Å². The van der Waals surface area contributed by atoms with Crippen molar-refractivity contribution in [2.75, 3.05) is 0 Å². The molecular weight excluding hydrogens is 246 g/mol. The number of aliphatic hydroxyl groups is 1. The van der Waals surface area contributed by atoms with E-state index in [2.05, 4.69) is 13.0 Å². The van der Waals surface area contributed by atoms with E-state index in [1.54, 1.807) is 0 Å². The first kappa shape index (κ1) is 19.7. The third-order valence-electron chi connectivity index (χ3n) is 3.85. The molecular formula is C18H37NO. The molecule has 0 bridgehead atoms. The van der Waals surface area contributed by atoms with Gasteiger partial charge in [0, 0.05) is 6.04 Å². The van der Waals surface area contributed by atoms with Crippen molar-refractivity contribution in [2.45, 2.75) is 103 Å². The molecule has 0 aromatic rings. The quantitative estimate of drug-likeness (QED) is 0.350. The molecule has 0 aromatic heterocycles. The fourth-order valence-corrected chi connectivity index (χ4v) is 2.34. The van der Waals surface area contributed by atoms with Crippen LogP contribution in [0.4, 0.5) is 0 Å². The molecule has 0 aromatic carbocycles. The molecule has 0 heterocycles. The summed E-state index contributed by atoms with van der Waals surface area (Å²) in [4.78, 5) is 0. The zero-order chi connectivity index (χ0) is 15.1. The Bertz CT molecular complexity index is 213. The molecule has 0 saturated heterocycles. The van der Waals surface area contributed by atoms with E-state index in [0.717, 1.165) is 6.42 Å². The first-order valence-corrected chi connectivity index (χ1v) is 8.78. The molecule has 0 aliphatic heterocycles. The highest BCUT2D eigenvalue weighted by molar-refractivity contribution is 4.92. The molecule has 0 saturated carbocycles. The van der Waals surface area contributed by atoms with Gasteiger partial charge in [-0.05, 0) is 19.8 Å². The minimum absolute atomic E-state index is 0.163. The van der Waals surface area contributed by atoms with Gasteiger partial charge < -0.3 is 10.8 Å². The van der Waals surface area contributed by atoms with Gasteiger partial charge in [0.15, 0.2) is 0 Å². The molecule has 2 nitrogen and oxygen atoms in total. The molecule has 0 aliphatic carbocycles. The van der Waals surface area contributed by atoms with Gasteiger partial charge in [-0.2, -0.15) is 0 Å². The van der Waals surface area contributed by atoms with Crippen molar-refractivity contribution in [3.63, 3.8) is 0 Å². The zero-order valence-corrected chi connectivity index (χ0v) is 13.8. The Hall–Kier alpha value is -0.340. The molecule has 120 valence electrons. The van der Waals surface area contributed by atoms with Crippen molar-refractivity contribution in [3.05, 3.63) is 12.2 Å². The first-order chi connectivity index (χ1) is 9.68. The summed E-state index contributed by atoms with van der Waals surface area (Å²) in [5.74, 6) is 0. The van der Waals surface area contributed by atoms with E-state index in [4.69, 9.17) is 5.73 Å². The number of allylic oxidation sites excluding steroid dienone is 1. The van der Waals surface area contributed by atoms with E-state index in [0.29, 0.717) is 0 Å². The molecule has 0 amide bonds. The number of nitrogens with two attached hydrogens (primary N) is 1. The highest BCUT2D eigenvalue weighted by Crippen LogP contribution is 2.12. The van der Waals surface area contributed by atoms with Gasteiger partial charge in [-0.1, -0.05) is 83.3 Å². The van der Waals surface area contributed by atoms with Crippen LogP contribution >= 0.6 is 0 Å². The molecule has 0 aliphatic rings. The van der Waals surface area contributed by atoms with Crippen LogP contribution in [-0.2, 0) is 0 Å². The van der Waals surface area contributed by atoms with Crippen LogP contribution in [0.1, 0.15) is 90.9 Å². The average Bonchev–Trinajstić information content (AvgIpc) is 2.43. The van der Waals surface area contributed by atoms with E-state index >= 15 is 0 Å². The fraction of sp³-hybridized carbons (Fsp3) is 0.889. The van der Waals surface area contributed by atoms with Crippen molar-refractivity contribution in [3.8, 4) is 0 Å². The largest absolute Gasteiger partial charge is 0.387 e. The second-order valence-electron chi connectivity index (χ2n) is 6.10. The van der Waals surface area contributed by atoms with E-state index in [1.165, 1.54) is 70.6 Å². The van der Waals surface area contributed by atoms with E-state index < -0.39 is 6.10 Å². The van der Waals surface area contributed by atoms with Gasteiger partial charge in [-0.3, -0.25) is 0 Å². The van der Waals surface area contributed by atoms with Crippen LogP contribution in [0.15, 0.2) is 12.2 Å². The molecule has 0 fully saturated rings. The maximum absolute atomic E-state index is 9.49. The van der Waals surface area contributed by atoms with Crippen molar-refractivity contribution in [1.82, 2.24) is 0 Å². The normalized spacial score (nSPS) is 14.8. The lowest BCUT2D eigenvalue weighted by molar-refractivity contribution is 0.198. The van der Waals surface area contributed by atoms with Crippen LogP contribution in [0.3, 0.4) is 0 Å². The summed E-state index contributed by atoms with van der Waals surface area (Å²) in [6.07, 6.45) is 19.7. The molecule has 2 atom stereocenters. The fourth-order valence-electron chi connectivity index (χ4n) is 2.34. The second-order valence-corrected chi connectivity index (χ2v) is 6.10. The maximum Gasteiger partial charge on any atom is 0.0869 e. The first-order valence-electron chi connectivity index (χ1n) is 8.78. The van der Waals surface area contributed by atoms with Gasteiger partial charge in [0.05, 0.1) is 6.10 Å². The topological polar surface area (TPSA) is 46.2 Å². The molecule has 0 rings (SSSR count). The van der Waals surface area contributed by atoms with Gasteiger partial charge >= 0.3 is 0 Å². The van der Waals surface area contributed by atoms with Crippen LogP contribution in [0.25, 0.3) is 0 Å². The average molecular weight is 284 g/mol. The van der Waals surface area contributed by atoms with E-state index in [-0.39, 0.29) is 6.04 Å². The predicted molar refractivity (Wildman–Crippen MR) is 89.9 cm³/mol. The highest BCUT2D eigenvalue weighted by Gasteiger charge is 2.03. The van der Waals surface area contributed by atoms with Gasteiger partial charge in [0.25, 0.3) is 0 Å². The summed E-state index contributed by atoms with van der Waals surface area (Å²) in [6, 6.07) is -0.163. The lowest BCUT2D eigenvalue weighted by atomic mass is 10.0. The third-order valence-corrected chi connectivity index (χ3v) is 3.85. The van der Waals surface area contributed by atoms with Crippen molar-refractivity contribution < 1.29 is 5.11 Å². The second kappa shape index (κ2) is 15.1. The van der Waals surface area contributed by atoms with Crippen molar-refractivity contribution >= 4 is 0 Å². The number of hydrogen-bond donors (Lipinski definition) is 2. The molecule has 2 heteroatoms. The van der Waals surface area contributed by atoms with Crippen molar-refractivity contribution in [1.29, 1.82) is 0 Å². The molecule has 0 radical (unpaired) electrons. The van der Waals surface area contributed by atoms with Crippen LogP contribution in [0.5, 0.6) is 0 Å². The Morgan fingerprint density at radius 2 is 1.30 bits per heavy atom. The molecule has 3 N–H and O–H groups in total. The summed E-state index contributed by atoms with van der Waals surface area (Å²) in [5, 5.41) is 9.49. The Labute approximate surface area is 126 Å². The van der Waals surface area contributed by atoms with Gasteiger partial charge in [0.2, 0.25) is 0 Å². The lowest BCUT2D eigenvalue weighted by Crippen LogP contribution is -2.29. The summed E-state index contributed by atoms with van der Waals surface area (Å²) in [5.41, 5.74) is 5.58. The van der Waals surface area contributed by atoms with E-state index in [1.807, 2.05) is 13.0 Å². The maximum atomic E-state index is 9.49. The van der Waals surface area contributed by atoms with Crippen LogP contribution < -0.4 is 5.73 Å². The van der Waals surface area contributed by atoms with Crippen LogP contribution in [0.2, 0.25) is 0 Å². The predicted octanol–water partition coefficient (Wildman–Crippen LogP) is 4.95. The summed E-state index contributed by atoms with van der Waals surface area (Å²) in [6.45, 7) is 4.10. The highest BCUT2D eigenvalue weighted by atomic mass is 16.3. The Morgan fingerprint density at radius 3 is 1.75 bits per heavy atom. The zero-order valence-electron chi connectivity index (χ0n) is 13.8. The Morgan fingerprint density at radius 1 is 0.850 bits per heavy atom. The molecule has 1 unspecified atom stereocenters. The number of rotatable bonds is 14. The Balaban J connectivity index is 3.13. The van der Waals surface area contributed by atoms with Crippen LogP contribution in [-0.4, -0.2) is 17.3 Å². The summed E-state index contributed by atoms with van der Waals surface area (Å²) >= 11 is 0. The van der Waals surface area contributed by atoms with Gasteiger partial charge in [0.1, 0.15) is 0 Å². The molecule has 0 spiro atoms. The standard InChI is InChI=1S/C18H37NO/c1-3-4-5-6-7-8-9-10-11-12-13-14-15-16-18(20)17(2)19/h15-18,20H,3-14,19H2,1-2H3/b16-15+/t17-,18?/m0/s1. The SMILES string of the molecule is CCCCCCCCCCCCC/C=C/C(O)[C@H](C)N.